The van der Waals surface area contributed by atoms with Crippen LogP contribution in [0.15, 0.2) is 42.6 Å². The molecule has 1 aromatic carbocycles. The van der Waals surface area contributed by atoms with Crippen LogP contribution in [0, 0.1) is 5.82 Å². The number of carbonyl (C=O) groups excluding carboxylic acids is 1. The highest BCUT2D eigenvalue weighted by atomic mass is 19.1. The van der Waals surface area contributed by atoms with Gasteiger partial charge in [-0.3, -0.25) is 4.79 Å². The molecule has 0 unspecified atom stereocenters. The Labute approximate surface area is 117 Å². The second-order valence-corrected chi connectivity index (χ2v) is 4.70. The third-order valence-corrected chi connectivity index (χ3v) is 2.68. The molecule has 104 valence electrons. The standard InChI is InChI=1S/C15H16FN3O/c1-19(2)10-15(20)18-14-8-7-11(9-17-14)12-5-3-4-6-13(12)16/h3-9H,10H2,1-2H3,(H,17,18,20). The number of hydrogen-bond donors (Lipinski definition) is 1. The average molecular weight is 273 g/mol. The Bertz CT molecular complexity index is 596. The van der Waals surface area contributed by atoms with Gasteiger partial charge in [-0.25, -0.2) is 9.37 Å². The van der Waals surface area contributed by atoms with Gasteiger partial charge in [-0.1, -0.05) is 18.2 Å². The highest BCUT2D eigenvalue weighted by Crippen LogP contribution is 2.22. The van der Waals surface area contributed by atoms with E-state index in [0.29, 0.717) is 16.9 Å². The summed E-state index contributed by atoms with van der Waals surface area (Å²) in [7, 11) is 3.63. The number of carbonyl (C=O) groups is 1. The van der Waals surface area contributed by atoms with E-state index in [2.05, 4.69) is 10.3 Å². The van der Waals surface area contributed by atoms with Crippen molar-refractivity contribution in [2.45, 2.75) is 0 Å². The van der Waals surface area contributed by atoms with Crippen LogP contribution < -0.4 is 5.32 Å². The third kappa shape index (κ3) is 3.61. The Morgan fingerprint density at radius 1 is 1.25 bits per heavy atom. The first kappa shape index (κ1) is 14.1. The summed E-state index contributed by atoms with van der Waals surface area (Å²) in [5.74, 6) is 0.0248. The highest BCUT2D eigenvalue weighted by molar-refractivity contribution is 5.91. The van der Waals surface area contributed by atoms with Gasteiger partial charge >= 0.3 is 0 Å². The molecule has 4 nitrogen and oxygen atoms in total. The number of amides is 1. The lowest BCUT2D eigenvalue weighted by molar-refractivity contribution is -0.116. The van der Waals surface area contributed by atoms with E-state index >= 15 is 0 Å². The smallest absolute Gasteiger partial charge is 0.239 e. The van der Waals surface area contributed by atoms with Gasteiger partial charge in [0.05, 0.1) is 6.54 Å². The molecule has 0 aliphatic heterocycles. The first-order valence-electron chi connectivity index (χ1n) is 6.22. The van der Waals surface area contributed by atoms with E-state index in [1.807, 2.05) is 14.1 Å². The number of pyridine rings is 1. The second kappa shape index (κ2) is 6.25. The summed E-state index contributed by atoms with van der Waals surface area (Å²) in [5, 5.41) is 2.68. The van der Waals surface area contributed by atoms with Crippen molar-refractivity contribution in [3.8, 4) is 11.1 Å². The number of halogens is 1. The monoisotopic (exact) mass is 273 g/mol. The fraction of sp³-hybridized carbons (Fsp3) is 0.200. The minimum atomic E-state index is -0.293. The molecular formula is C15H16FN3O. The van der Waals surface area contributed by atoms with Crippen molar-refractivity contribution in [3.05, 3.63) is 48.4 Å². The summed E-state index contributed by atoms with van der Waals surface area (Å²) < 4.78 is 13.6. The second-order valence-electron chi connectivity index (χ2n) is 4.70. The fourth-order valence-electron chi connectivity index (χ4n) is 1.79. The zero-order valence-electron chi connectivity index (χ0n) is 11.4. The lowest BCUT2D eigenvalue weighted by atomic mass is 10.1. The van der Waals surface area contributed by atoms with E-state index in [4.69, 9.17) is 0 Å². The summed E-state index contributed by atoms with van der Waals surface area (Å²) in [6.07, 6.45) is 1.55. The Morgan fingerprint density at radius 2 is 2.00 bits per heavy atom. The first-order chi connectivity index (χ1) is 9.56. The molecule has 1 aromatic heterocycles. The number of hydrogen-bond acceptors (Lipinski definition) is 3. The fourth-order valence-corrected chi connectivity index (χ4v) is 1.79. The zero-order chi connectivity index (χ0) is 14.5. The average Bonchev–Trinajstić information content (AvgIpc) is 2.39. The topological polar surface area (TPSA) is 45.2 Å². The molecule has 1 N–H and O–H groups in total. The van der Waals surface area contributed by atoms with Crippen molar-refractivity contribution in [3.63, 3.8) is 0 Å². The highest BCUT2D eigenvalue weighted by Gasteiger charge is 2.07. The number of anilines is 1. The number of likely N-dealkylation sites (N-methyl/N-ethyl adjacent to an activating group) is 1. The van der Waals surface area contributed by atoms with E-state index in [0.717, 1.165) is 0 Å². The number of nitrogens with zero attached hydrogens (tertiary/aromatic N) is 2. The molecule has 0 aliphatic rings. The van der Waals surface area contributed by atoms with Crippen LogP contribution in [-0.4, -0.2) is 36.4 Å². The third-order valence-electron chi connectivity index (χ3n) is 2.68. The summed E-state index contributed by atoms with van der Waals surface area (Å²) in [6.45, 7) is 0.288. The van der Waals surface area contributed by atoms with Gasteiger partial charge in [0.25, 0.3) is 0 Å². The molecule has 0 spiro atoms. The molecule has 0 saturated carbocycles. The summed E-state index contributed by atoms with van der Waals surface area (Å²) in [6, 6.07) is 9.90. The van der Waals surface area contributed by atoms with E-state index < -0.39 is 0 Å². The quantitative estimate of drug-likeness (QED) is 0.930. The molecule has 20 heavy (non-hydrogen) atoms. The molecule has 0 atom stereocenters. The first-order valence-corrected chi connectivity index (χ1v) is 6.22. The van der Waals surface area contributed by atoms with Crippen molar-refractivity contribution in [1.82, 2.24) is 9.88 Å². The molecule has 2 rings (SSSR count). The summed E-state index contributed by atoms with van der Waals surface area (Å²) in [5.41, 5.74) is 1.17. The van der Waals surface area contributed by atoms with E-state index in [9.17, 15) is 9.18 Å². The maximum absolute atomic E-state index is 13.6. The van der Waals surface area contributed by atoms with Crippen LogP contribution >= 0.6 is 0 Å². The minimum absolute atomic E-state index is 0.138. The molecule has 0 radical (unpaired) electrons. The lowest BCUT2D eigenvalue weighted by Gasteiger charge is -2.10. The Kier molecular flexibility index (Phi) is 4.42. The maximum atomic E-state index is 13.6. The van der Waals surface area contributed by atoms with Crippen molar-refractivity contribution < 1.29 is 9.18 Å². The van der Waals surface area contributed by atoms with Crippen LogP contribution in [0.4, 0.5) is 10.2 Å². The zero-order valence-corrected chi connectivity index (χ0v) is 11.4. The van der Waals surface area contributed by atoms with Crippen LogP contribution in [-0.2, 0) is 4.79 Å². The maximum Gasteiger partial charge on any atom is 0.239 e. The Hall–Kier alpha value is -2.27. The molecule has 0 saturated heterocycles. The van der Waals surface area contributed by atoms with Crippen molar-refractivity contribution in [2.75, 3.05) is 26.0 Å². The molecule has 1 amide bonds. The molecule has 2 aromatic rings. The lowest BCUT2D eigenvalue weighted by Crippen LogP contribution is -2.27. The van der Waals surface area contributed by atoms with E-state index in [1.165, 1.54) is 6.07 Å². The van der Waals surface area contributed by atoms with E-state index in [1.54, 1.807) is 41.4 Å². The van der Waals surface area contributed by atoms with Gasteiger partial charge in [-0.05, 0) is 32.3 Å². The van der Waals surface area contributed by atoms with Gasteiger partial charge < -0.3 is 10.2 Å². The molecule has 0 fully saturated rings. The van der Waals surface area contributed by atoms with Crippen molar-refractivity contribution in [2.24, 2.45) is 0 Å². The summed E-state index contributed by atoms with van der Waals surface area (Å²) >= 11 is 0. The molecule has 0 aliphatic carbocycles. The number of nitrogens with one attached hydrogen (secondary N) is 1. The molecule has 5 heteroatoms. The predicted molar refractivity (Wildman–Crippen MR) is 76.8 cm³/mol. The van der Waals surface area contributed by atoms with Gasteiger partial charge in [0, 0.05) is 17.3 Å². The van der Waals surface area contributed by atoms with Crippen molar-refractivity contribution in [1.29, 1.82) is 0 Å². The predicted octanol–water partition coefficient (Wildman–Crippen LogP) is 2.39. The van der Waals surface area contributed by atoms with Gasteiger partial charge in [-0.2, -0.15) is 0 Å². The molecular weight excluding hydrogens is 257 g/mol. The van der Waals surface area contributed by atoms with Gasteiger partial charge in [-0.15, -0.1) is 0 Å². The normalized spacial score (nSPS) is 10.6. The summed E-state index contributed by atoms with van der Waals surface area (Å²) in [4.78, 5) is 17.5. The number of aromatic nitrogens is 1. The largest absolute Gasteiger partial charge is 0.310 e. The molecule has 1 heterocycles. The van der Waals surface area contributed by atoms with E-state index in [-0.39, 0.29) is 18.3 Å². The Morgan fingerprint density at radius 3 is 2.60 bits per heavy atom. The number of benzene rings is 1. The van der Waals surface area contributed by atoms with Crippen LogP contribution in [0.5, 0.6) is 0 Å². The van der Waals surface area contributed by atoms with Gasteiger partial charge in [0.2, 0.25) is 5.91 Å². The molecule has 0 bridgehead atoms. The van der Waals surface area contributed by atoms with Crippen LogP contribution in [0.25, 0.3) is 11.1 Å². The number of rotatable bonds is 4. The van der Waals surface area contributed by atoms with Crippen LogP contribution in [0.1, 0.15) is 0 Å². The van der Waals surface area contributed by atoms with Crippen LogP contribution in [0.2, 0.25) is 0 Å². The van der Waals surface area contributed by atoms with Crippen LogP contribution in [0.3, 0.4) is 0 Å². The SMILES string of the molecule is CN(C)CC(=O)Nc1ccc(-c2ccccc2F)cn1. The minimum Gasteiger partial charge on any atom is -0.310 e. The van der Waals surface area contributed by atoms with Crippen molar-refractivity contribution >= 4 is 11.7 Å². The van der Waals surface area contributed by atoms with Gasteiger partial charge in [0.15, 0.2) is 0 Å². The van der Waals surface area contributed by atoms with Gasteiger partial charge in [0.1, 0.15) is 11.6 Å². The Balaban J connectivity index is 2.11.